The number of hydrogen-bond donors (Lipinski definition) is 6. The highest BCUT2D eigenvalue weighted by Gasteiger charge is 2.48. The van der Waals surface area contributed by atoms with Crippen LogP contribution in [0.3, 0.4) is 0 Å². The summed E-state index contributed by atoms with van der Waals surface area (Å²) in [5, 5.41) is 44.8. The molecule has 1 rings (SSSR count). The second kappa shape index (κ2) is 35.8. The first-order valence-corrected chi connectivity index (χ1v) is 24.8. The lowest BCUT2D eigenvalue weighted by Crippen LogP contribution is -2.61. The SMILES string of the molecule is CCCCCCCCCCCCCCCCCCC(=O)NC(COC1OC(CO)C(O)C(OS(=O)(=O)O)C1O)C(O)CCCCCCCCCCCCCCCC. The number of carbonyl (C=O) groups is 1. The van der Waals surface area contributed by atoms with E-state index in [2.05, 4.69) is 23.3 Å². The molecule has 0 bridgehead atoms. The van der Waals surface area contributed by atoms with E-state index < -0.39 is 59.9 Å². The highest BCUT2D eigenvalue weighted by molar-refractivity contribution is 7.80. The number of hydrogen-bond acceptors (Lipinski definition) is 10. The van der Waals surface area contributed by atoms with Gasteiger partial charge in [0.15, 0.2) is 6.29 Å². The molecule has 0 aromatic carbocycles. The Kier molecular flexibility index (Phi) is 34.0. The largest absolute Gasteiger partial charge is 0.397 e. The van der Waals surface area contributed by atoms with E-state index in [-0.39, 0.29) is 12.5 Å². The molecule has 0 radical (unpaired) electrons. The van der Waals surface area contributed by atoms with Crippen molar-refractivity contribution >= 4 is 16.3 Å². The van der Waals surface area contributed by atoms with E-state index in [0.717, 1.165) is 51.4 Å². The summed E-state index contributed by atoms with van der Waals surface area (Å²) in [5.74, 6) is -0.227. The molecule has 0 saturated carbocycles. The normalized spacial score (nSPS) is 21.1. The van der Waals surface area contributed by atoms with Crippen molar-refractivity contribution in [3.63, 3.8) is 0 Å². The van der Waals surface area contributed by atoms with Gasteiger partial charge in [-0.2, -0.15) is 8.42 Å². The molecule has 1 fully saturated rings. The number of amides is 1. The lowest BCUT2D eigenvalue weighted by atomic mass is 9.99. The van der Waals surface area contributed by atoms with Gasteiger partial charge in [0.05, 0.1) is 25.4 Å². The van der Waals surface area contributed by atoms with Gasteiger partial charge in [-0.15, -0.1) is 0 Å². The zero-order valence-electron chi connectivity index (χ0n) is 36.2. The van der Waals surface area contributed by atoms with E-state index in [9.17, 15) is 38.2 Å². The Hall–Kier alpha value is -0.900. The minimum absolute atomic E-state index is 0.227. The molecular formula is C44H87NO11S. The topological polar surface area (TPSA) is 192 Å². The fourth-order valence-electron chi connectivity index (χ4n) is 7.75. The van der Waals surface area contributed by atoms with Crippen molar-refractivity contribution in [1.29, 1.82) is 0 Å². The van der Waals surface area contributed by atoms with Crippen LogP contribution >= 0.6 is 0 Å². The molecule has 1 aliphatic rings. The van der Waals surface area contributed by atoms with Crippen LogP contribution in [0.25, 0.3) is 0 Å². The van der Waals surface area contributed by atoms with Crippen LogP contribution in [-0.2, 0) is 28.9 Å². The van der Waals surface area contributed by atoms with Crippen molar-refractivity contribution in [2.45, 2.75) is 262 Å². The zero-order valence-corrected chi connectivity index (χ0v) is 37.0. The molecule has 0 aromatic heterocycles. The smallest absolute Gasteiger partial charge is 0.394 e. The Labute approximate surface area is 347 Å². The van der Waals surface area contributed by atoms with Crippen molar-refractivity contribution in [3.05, 3.63) is 0 Å². The number of nitrogens with one attached hydrogen (secondary N) is 1. The quantitative estimate of drug-likeness (QED) is 0.0255. The van der Waals surface area contributed by atoms with Gasteiger partial charge in [0.1, 0.15) is 24.4 Å². The molecule has 7 atom stereocenters. The Morgan fingerprint density at radius 2 is 1.02 bits per heavy atom. The molecule has 340 valence electrons. The van der Waals surface area contributed by atoms with E-state index >= 15 is 0 Å². The lowest BCUT2D eigenvalue weighted by Gasteiger charge is -2.41. The van der Waals surface area contributed by atoms with Crippen molar-refractivity contribution in [1.82, 2.24) is 5.32 Å². The Balaban J connectivity index is 2.48. The highest BCUT2D eigenvalue weighted by atomic mass is 32.3. The standard InChI is InChI=1S/C44H87NO11S/c1-3-5-7-9-11-13-15-17-19-20-22-24-26-28-30-32-34-40(48)45-37(36-54-44-42(50)43(56-57(51,52)53)41(49)39(35-46)55-44)38(47)33-31-29-27-25-23-21-18-16-14-12-10-8-6-4-2/h37-39,41-44,46-47,49-50H,3-36H2,1-2H3,(H,45,48)(H,51,52,53). The Morgan fingerprint density at radius 1 is 0.632 bits per heavy atom. The summed E-state index contributed by atoms with van der Waals surface area (Å²) in [6.45, 7) is 3.46. The highest BCUT2D eigenvalue weighted by Crippen LogP contribution is 2.26. The third-order valence-corrected chi connectivity index (χ3v) is 11.9. The molecule has 0 aliphatic carbocycles. The van der Waals surface area contributed by atoms with Crippen LogP contribution in [0.5, 0.6) is 0 Å². The third kappa shape index (κ3) is 29.1. The van der Waals surface area contributed by atoms with Crippen molar-refractivity contribution < 1.29 is 51.8 Å². The fourth-order valence-corrected chi connectivity index (χ4v) is 8.26. The first-order chi connectivity index (χ1) is 27.5. The van der Waals surface area contributed by atoms with Crippen LogP contribution in [0.15, 0.2) is 0 Å². The summed E-state index contributed by atoms with van der Waals surface area (Å²) in [4.78, 5) is 13.0. The van der Waals surface area contributed by atoms with Crippen molar-refractivity contribution in [3.8, 4) is 0 Å². The van der Waals surface area contributed by atoms with Gasteiger partial charge in [-0.05, 0) is 12.8 Å². The average Bonchev–Trinajstić information content (AvgIpc) is 3.18. The second-order valence-electron chi connectivity index (χ2n) is 16.7. The molecule has 1 aliphatic heterocycles. The molecule has 1 saturated heterocycles. The minimum atomic E-state index is -5.07. The summed E-state index contributed by atoms with van der Waals surface area (Å²) >= 11 is 0. The van der Waals surface area contributed by atoms with Gasteiger partial charge >= 0.3 is 10.4 Å². The Bertz CT molecular complexity index is 1040. The molecule has 57 heavy (non-hydrogen) atoms. The third-order valence-electron chi connectivity index (χ3n) is 11.4. The summed E-state index contributed by atoms with van der Waals surface area (Å²) in [6.07, 6.45) is 28.1. The van der Waals surface area contributed by atoms with Crippen molar-refractivity contribution in [2.75, 3.05) is 13.2 Å². The molecule has 13 heteroatoms. The van der Waals surface area contributed by atoms with E-state index in [1.54, 1.807) is 0 Å². The molecule has 12 nitrogen and oxygen atoms in total. The number of aliphatic hydroxyl groups is 4. The molecule has 1 amide bonds. The van der Waals surface area contributed by atoms with E-state index in [1.807, 2.05) is 0 Å². The average molecular weight is 838 g/mol. The number of ether oxygens (including phenoxy) is 2. The summed E-state index contributed by atoms with van der Waals surface area (Å²) in [6, 6.07) is -0.850. The maximum atomic E-state index is 13.0. The van der Waals surface area contributed by atoms with Crippen LogP contribution in [0.1, 0.15) is 219 Å². The van der Waals surface area contributed by atoms with Gasteiger partial charge in [-0.25, -0.2) is 4.18 Å². The molecule has 0 aromatic rings. The maximum absolute atomic E-state index is 13.0. The zero-order chi connectivity index (χ0) is 42.0. The molecule has 6 N–H and O–H groups in total. The van der Waals surface area contributed by atoms with Gasteiger partial charge in [0.25, 0.3) is 0 Å². The van der Waals surface area contributed by atoms with Gasteiger partial charge in [-0.1, -0.05) is 200 Å². The van der Waals surface area contributed by atoms with Crippen LogP contribution < -0.4 is 5.32 Å². The number of aliphatic hydroxyl groups excluding tert-OH is 4. The van der Waals surface area contributed by atoms with Gasteiger partial charge < -0.3 is 35.2 Å². The molecule has 0 spiro atoms. The van der Waals surface area contributed by atoms with Crippen molar-refractivity contribution in [2.24, 2.45) is 0 Å². The summed E-state index contributed by atoms with van der Waals surface area (Å²) < 4.78 is 47.6. The number of carbonyl (C=O) groups excluding carboxylic acids is 1. The van der Waals surface area contributed by atoms with Crippen LogP contribution in [0.4, 0.5) is 0 Å². The minimum Gasteiger partial charge on any atom is -0.394 e. The molecule has 1 heterocycles. The maximum Gasteiger partial charge on any atom is 0.397 e. The second-order valence-corrected chi connectivity index (χ2v) is 17.8. The van der Waals surface area contributed by atoms with Crippen LogP contribution in [0, 0.1) is 0 Å². The summed E-state index contributed by atoms with van der Waals surface area (Å²) in [5.41, 5.74) is 0. The molecule has 7 unspecified atom stereocenters. The fraction of sp³-hybridized carbons (Fsp3) is 0.977. The monoisotopic (exact) mass is 838 g/mol. The van der Waals surface area contributed by atoms with E-state index in [0.29, 0.717) is 12.8 Å². The lowest BCUT2D eigenvalue weighted by molar-refractivity contribution is -0.298. The Morgan fingerprint density at radius 3 is 1.40 bits per heavy atom. The predicted octanol–water partition coefficient (Wildman–Crippen LogP) is 9.00. The number of rotatable bonds is 40. The first kappa shape index (κ1) is 54.1. The first-order valence-electron chi connectivity index (χ1n) is 23.4. The number of unbranched alkanes of at least 4 members (excludes halogenated alkanes) is 28. The summed E-state index contributed by atoms with van der Waals surface area (Å²) in [7, 11) is -5.07. The van der Waals surface area contributed by atoms with E-state index in [1.165, 1.54) is 141 Å². The van der Waals surface area contributed by atoms with Gasteiger partial charge in [0.2, 0.25) is 5.91 Å². The van der Waals surface area contributed by atoms with Gasteiger partial charge in [0, 0.05) is 6.42 Å². The van der Waals surface area contributed by atoms with Gasteiger partial charge in [-0.3, -0.25) is 9.35 Å². The van der Waals surface area contributed by atoms with E-state index in [4.69, 9.17) is 9.47 Å². The van der Waals surface area contributed by atoms with Crippen LogP contribution in [0.2, 0.25) is 0 Å². The predicted molar refractivity (Wildman–Crippen MR) is 227 cm³/mol. The molecular weight excluding hydrogens is 751 g/mol. The van der Waals surface area contributed by atoms with Crippen LogP contribution in [-0.4, -0.2) is 95.4 Å².